The molecule has 0 amide bonds. The van der Waals surface area contributed by atoms with Crippen LogP contribution in [0.15, 0.2) is 0 Å². The van der Waals surface area contributed by atoms with Gasteiger partial charge in [0.2, 0.25) is 0 Å². The average molecular weight is 366 g/mol. The average Bonchev–Trinajstić information content (AvgIpc) is 2.63. The second-order valence-corrected chi connectivity index (χ2v) is 8.14. The molecule has 0 fully saturated rings. The third kappa shape index (κ3) is 22.0. The summed E-state index contributed by atoms with van der Waals surface area (Å²) in [4.78, 5) is 2.79. The molecule has 0 aromatic carbocycles. The van der Waals surface area contributed by atoms with Gasteiger partial charge >= 0.3 is 0 Å². The zero-order valence-electron chi connectivity index (χ0n) is 18.8. The fourth-order valence-corrected chi connectivity index (χ4v) is 3.68. The molecule has 0 aliphatic rings. The van der Waals surface area contributed by atoms with Crippen LogP contribution >= 0.6 is 0 Å². The van der Waals surface area contributed by atoms with Crippen molar-refractivity contribution < 1.29 is 0 Å². The minimum atomic E-state index is 0. The van der Waals surface area contributed by atoms with E-state index in [9.17, 15) is 0 Å². The molecule has 0 aliphatic heterocycles. The fraction of sp³-hybridized carbons (Fsp3) is 0.960. The minimum absolute atomic E-state index is 0. The van der Waals surface area contributed by atoms with Crippen molar-refractivity contribution in [3.63, 3.8) is 0 Å². The number of hydrogen-bond donors (Lipinski definition) is 0. The molecule has 0 atom stereocenters. The summed E-state index contributed by atoms with van der Waals surface area (Å²) < 4.78 is 0. The molecular weight excluding hydrogens is 314 g/mol. The van der Waals surface area contributed by atoms with Crippen LogP contribution in [0, 0.1) is 7.43 Å². The van der Waals surface area contributed by atoms with Crippen LogP contribution in [0.3, 0.4) is 0 Å². The van der Waals surface area contributed by atoms with Crippen molar-refractivity contribution in [3.05, 3.63) is 7.43 Å². The Balaban J connectivity index is 0. The molecule has 1 heteroatoms. The van der Waals surface area contributed by atoms with Crippen molar-refractivity contribution in [1.29, 1.82) is 0 Å². The molecule has 0 saturated carbocycles. The highest BCUT2D eigenvalue weighted by Crippen LogP contribution is 2.11. The monoisotopic (exact) mass is 365 g/mol. The number of rotatable bonds is 21. The molecule has 4 radical (unpaired) electrons. The van der Waals surface area contributed by atoms with Crippen LogP contribution in [0.5, 0.6) is 0 Å². The lowest BCUT2D eigenvalue weighted by Gasteiger charge is -2.22. The van der Waals surface area contributed by atoms with E-state index in [0.717, 1.165) is 0 Å². The lowest BCUT2D eigenvalue weighted by molar-refractivity contribution is 0.254. The first kappa shape index (κ1) is 28.2. The van der Waals surface area contributed by atoms with Gasteiger partial charge in [-0.25, -0.2) is 0 Å². The zero-order chi connectivity index (χ0) is 18.4. The first-order valence-corrected chi connectivity index (χ1v) is 12.1. The highest BCUT2D eigenvalue weighted by molar-refractivity contribution is 4.60. The Morgan fingerprint density at radius 1 is 0.346 bits per heavy atom. The molecule has 156 valence electrons. The zero-order valence-corrected chi connectivity index (χ0v) is 18.8. The summed E-state index contributed by atoms with van der Waals surface area (Å²) in [6.45, 7) is 11.0. The summed E-state index contributed by atoms with van der Waals surface area (Å²) in [6.07, 6.45) is 25.7. The Morgan fingerprint density at radius 2 is 0.577 bits per heavy atom. The highest BCUT2D eigenvalue weighted by Gasteiger charge is 2.05. The normalized spacial score (nSPS) is 11.1. The number of hydrogen-bond acceptors (Lipinski definition) is 1. The quantitative estimate of drug-likeness (QED) is 0.184. The Labute approximate surface area is 168 Å². The second kappa shape index (κ2) is 25.0. The molecule has 0 aliphatic carbocycles. The largest absolute Gasteiger partial charge is 0.303 e. The Morgan fingerprint density at radius 3 is 0.846 bits per heavy atom. The molecule has 1 nitrogen and oxygen atoms in total. The maximum Gasteiger partial charge on any atom is 0 e. The van der Waals surface area contributed by atoms with Crippen molar-refractivity contribution in [3.8, 4) is 0 Å². The highest BCUT2D eigenvalue weighted by atomic mass is 15.1. The number of unbranched alkanes of at least 4 members (excludes halogenated alkanes) is 15. The molecule has 0 unspecified atom stereocenters. The van der Waals surface area contributed by atoms with Gasteiger partial charge in [-0.15, -0.1) is 0 Å². The van der Waals surface area contributed by atoms with E-state index in [1.807, 2.05) is 0 Å². The van der Waals surface area contributed by atoms with E-state index < -0.39 is 0 Å². The van der Waals surface area contributed by atoms with Gasteiger partial charge < -0.3 is 4.90 Å². The lowest BCUT2D eigenvalue weighted by atomic mass is 10.1. The summed E-state index contributed by atoms with van der Waals surface area (Å²) in [5.74, 6) is 0. The summed E-state index contributed by atoms with van der Waals surface area (Å²) in [5, 5.41) is 0. The molecule has 26 heavy (non-hydrogen) atoms. The van der Waals surface area contributed by atoms with E-state index in [2.05, 4.69) is 25.7 Å². The van der Waals surface area contributed by atoms with Crippen molar-refractivity contribution >= 4 is 0 Å². The van der Waals surface area contributed by atoms with E-state index in [1.165, 1.54) is 135 Å². The van der Waals surface area contributed by atoms with E-state index >= 15 is 0 Å². The molecule has 0 rings (SSSR count). The van der Waals surface area contributed by atoms with Gasteiger partial charge in [0.05, 0.1) is 0 Å². The smallest absolute Gasteiger partial charge is 0 e. The van der Waals surface area contributed by atoms with Gasteiger partial charge in [-0.3, -0.25) is 0 Å². The summed E-state index contributed by atoms with van der Waals surface area (Å²) >= 11 is 0. The van der Waals surface area contributed by atoms with Crippen molar-refractivity contribution in [2.24, 2.45) is 0 Å². The molecule has 0 saturated heterocycles. The van der Waals surface area contributed by atoms with Crippen LogP contribution in [-0.2, 0) is 0 Å². The SMILES string of the molecule is CCCCCCCCN(CCCCCCCC)CCCCCCCC.[C]. The van der Waals surface area contributed by atoms with Gasteiger partial charge in [-0.05, 0) is 38.9 Å². The maximum absolute atomic E-state index is 2.79. The van der Waals surface area contributed by atoms with Gasteiger partial charge in [-0.2, -0.15) is 0 Å². The Bertz CT molecular complexity index is 188. The molecule has 0 N–H and O–H groups in total. The predicted octanol–water partition coefficient (Wildman–Crippen LogP) is 8.45. The molecular formula is C25H51N. The van der Waals surface area contributed by atoms with Gasteiger partial charge in [0.25, 0.3) is 0 Å². The van der Waals surface area contributed by atoms with Crippen molar-refractivity contribution in [1.82, 2.24) is 4.90 Å². The fourth-order valence-electron chi connectivity index (χ4n) is 3.68. The lowest BCUT2D eigenvalue weighted by Crippen LogP contribution is -2.27. The van der Waals surface area contributed by atoms with Gasteiger partial charge in [0.1, 0.15) is 0 Å². The molecule has 0 heterocycles. The van der Waals surface area contributed by atoms with E-state index in [-0.39, 0.29) is 7.43 Å². The van der Waals surface area contributed by atoms with Gasteiger partial charge in [0, 0.05) is 7.43 Å². The topological polar surface area (TPSA) is 3.24 Å². The van der Waals surface area contributed by atoms with Crippen LogP contribution in [0.25, 0.3) is 0 Å². The van der Waals surface area contributed by atoms with Crippen LogP contribution in [-0.4, -0.2) is 24.5 Å². The Hall–Kier alpha value is -0.0400. The molecule has 0 bridgehead atoms. The summed E-state index contributed by atoms with van der Waals surface area (Å²) in [6, 6.07) is 0. The third-order valence-electron chi connectivity index (χ3n) is 5.48. The van der Waals surface area contributed by atoms with E-state index in [0.29, 0.717) is 0 Å². The molecule has 0 aromatic rings. The van der Waals surface area contributed by atoms with E-state index in [1.54, 1.807) is 0 Å². The first-order chi connectivity index (χ1) is 12.3. The van der Waals surface area contributed by atoms with Crippen LogP contribution < -0.4 is 0 Å². The molecule has 0 aromatic heterocycles. The van der Waals surface area contributed by atoms with E-state index in [4.69, 9.17) is 0 Å². The van der Waals surface area contributed by atoms with Gasteiger partial charge in [-0.1, -0.05) is 117 Å². The number of nitrogens with zero attached hydrogens (tertiary/aromatic N) is 1. The van der Waals surface area contributed by atoms with Crippen molar-refractivity contribution in [2.45, 2.75) is 136 Å². The third-order valence-corrected chi connectivity index (χ3v) is 5.48. The second-order valence-electron chi connectivity index (χ2n) is 8.14. The maximum atomic E-state index is 2.79. The molecule has 0 spiro atoms. The predicted molar refractivity (Wildman–Crippen MR) is 120 cm³/mol. The summed E-state index contributed by atoms with van der Waals surface area (Å²) in [5.41, 5.74) is 0. The van der Waals surface area contributed by atoms with Crippen molar-refractivity contribution in [2.75, 3.05) is 19.6 Å². The standard InChI is InChI=1S/C24H51N.C/c1-4-7-10-13-16-19-22-25(23-20-17-14-11-8-5-2)24-21-18-15-12-9-6-3;/h4-24H2,1-3H3;. The first-order valence-electron chi connectivity index (χ1n) is 12.1. The minimum Gasteiger partial charge on any atom is -0.303 e. The van der Waals surface area contributed by atoms with Crippen LogP contribution in [0.2, 0.25) is 0 Å². The Kier molecular flexibility index (Phi) is 27.0. The summed E-state index contributed by atoms with van der Waals surface area (Å²) in [7, 11) is 0. The van der Waals surface area contributed by atoms with Crippen LogP contribution in [0.1, 0.15) is 136 Å². The van der Waals surface area contributed by atoms with Gasteiger partial charge in [0.15, 0.2) is 0 Å². The van der Waals surface area contributed by atoms with Crippen LogP contribution in [0.4, 0.5) is 0 Å².